The average Bonchev–Trinajstić information content (AvgIpc) is 2.83. The Morgan fingerprint density at radius 2 is 2.22 bits per heavy atom. The highest BCUT2D eigenvalue weighted by Gasteiger charge is 2.18. The standard InChI is InChI=1S/C12H15ClN4S/c1-7(2)10(9-4-3-5-18-9)16-11-8(14)6-15-12(13)17-11/h3-7,10H,14H2,1-2H3,(H,15,16,17). The number of hydrogen-bond donors (Lipinski definition) is 2. The second kappa shape index (κ2) is 5.54. The Hall–Kier alpha value is -1.33. The molecule has 2 rings (SSSR count). The van der Waals surface area contributed by atoms with Crippen molar-refractivity contribution < 1.29 is 0 Å². The van der Waals surface area contributed by atoms with Gasteiger partial charge in [0.1, 0.15) is 0 Å². The number of nitrogens with zero attached hydrogens (tertiary/aromatic N) is 2. The molecule has 4 nitrogen and oxygen atoms in total. The van der Waals surface area contributed by atoms with Crippen LogP contribution in [0.3, 0.4) is 0 Å². The monoisotopic (exact) mass is 282 g/mol. The molecule has 0 aliphatic carbocycles. The van der Waals surface area contributed by atoms with E-state index in [9.17, 15) is 0 Å². The fourth-order valence-corrected chi connectivity index (χ4v) is 2.75. The summed E-state index contributed by atoms with van der Waals surface area (Å²) in [5.74, 6) is 0.999. The quantitative estimate of drug-likeness (QED) is 0.841. The molecule has 1 atom stereocenters. The van der Waals surface area contributed by atoms with E-state index in [2.05, 4.69) is 40.6 Å². The average molecular weight is 283 g/mol. The summed E-state index contributed by atoms with van der Waals surface area (Å²) in [5.41, 5.74) is 6.35. The molecule has 18 heavy (non-hydrogen) atoms. The van der Waals surface area contributed by atoms with Crippen LogP contribution in [-0.4, -0.2) is 9.97 Å². The van der Waals surface area contributed by atoms with Crippen LogP contribution < -0.4 is 11.1 Å². The number of aromatic nitrogens is 2. The molecule has 0 spiro atoms. The number of nitrogens with one attached hydrogen (secondary N) is 1. The highest BCUT2D eigenvalue weighted by molar-refractivity contribution is 7.10. The third kappa shape index (κ3) is 2.91. The van der Waals surface area contributed by atoms with Gasteiger partial charge in [0.25, 0.3) is 0 Å². The smallest absolute Gasteiger partial charge is 0.224 e. The summed E-state index contributed by atoms with van der Waals surface area (Å²) < 4.78 is 0. The number of nitrogens with two attached hydrogens (primary N) is 1. The summed E-state index contributed by atoms with van der Waals surface area (Å²) in [6.07, 6.45) is 1.52. The Balaban J connectivity index is 2.27. The lowest BCUT2D eigenvalue weighted by Crippen LogP contribution is -2.17. The second-order valence-corrected chi connectivity index (χ2v) is 5.64. The first-order chi connectivity index (χ1) is 8.58. The number of rotatable bonds is 4. The SMILES string of the molecule is CC(C)C(Nc1nc(Cl)ncc1N)c1cccs1. The van der Waals surface area contributed by atoms with Gasteiger partial charge in [-0.2, -0.15) is 4.98 Å². The lowest BCUT2D eigenvalue weighted by Gasteiger charge is -2.22. The molecule has 2 aromatic heterocycles. The fourth-order valence-electron chi connectivity index (χ4n) is 1.67. The van der Waals surface area contributed by atoms with Crippen LogP contribution in [0.2, 0.25) is 5.28 Å². The van der Waals surface area contributed by atoms with Crippen molar-refractivity contribution in [2.24, 2.45) is 5.92 Å². The van der Waals surface area contributed by atoms with Gasteiger partial charge in [0.05, 0.1) is 17.9 Å². The topological polar surface area (TPSA) is 63.8 Å². The van der Waals surface area contributed by atoms with Crippen molar-refractivity contribution in [1.29, 1.82) is 0 Å². The van der Waals surface area contributed by atoms with Crippen LogP contribution in [0.25, 0.3) is 0 Å². The first kappa shape index (κ1) is 13.1. The maximum Gasteiger partial charge on any atom is 0.224 e. The first-order valence-electron chi connectivity index (χ1n) is 5.66. The van der Waals surface area contributed by atoms with E-state index in [1.165, 1.54) is 11.1 Å². The van der Waals surface area contributed by atoms with E-state index >= 15 is 0 Å². The van der Waals surface area contributed by atoms with E-state index in [-0.39, 0.29) is 11.3 Å². The molecular weight excluding hydrogens is 268 g/mol. The van der Waals surface area contributed by atoms with Crippen molar-refractivity contribution in [2.45, 2.75) is 19.9 Å². The first-order valence-corrected chi connectivity index (χ1v) is 6.91. The molecule has 3 N–H and O–H groups in total. The van der Waals surface area contributed by atoms with E-state index in [1.807, 2.05) is 6.07 Å². The van der Waals surface area contributed by atoms with Crippen molar-refractivity contribution >= 4 is 34.4 Å². The summed E-state index contributed by atoms with van der Waals surface area (Å²) >= 11 is 7.50. The van der Waals surface area contributed by atoms with E-state index in [1.54, 1.807) is 11.3 Å². The minimum atomic E-state index is 0.165. The van der Waals surface area contributed by atoms with Gasteiger partial charge in [-0.3, -0.25) is 0 Å². The molecule has 0 saturated heterocycles. The molecule has 0 fully saturated rings. The highest BCUT2D eigenvalue weighted by Crippen LogP contribution is 2.30. The van der Waals surface area contributed by atoms with Gasteiger partial charge in [-0.15, -0.1) is 11.3 Å². The Morgan fingerprint density at radius 1 is 1.44 bits per heavy atom. The number of thiophene rings is 1. The van der Waals surface area contributed by atoms with Gasteiger partial charge >= 0.3 is 0 Å². The van der Waals surface area contributed by atoms with Gasteiger partial charge in [-0.25, -0.2) is 4.98 Å². The van der Waals surface area contributed by atoms with Crippen molar-refractivity contribution in [3.63, 3.8) is 0 Å². The van der Waals surface area contributed by atoms with Crippen LogP contribution in [0.15, 0.2) is 23.7 Å². The largest absolute Gasteiger partial charge is 0.394 e. The molecule has 0 saturated carbocycles. The number of hydrogen-bond acceptors (Lipinski definition) is 5. The Bertz CT molecular complexity index is 513. The van der Waals surface area contributed by atoms with Gasteiger partial charge in [-0.05, 0) is 29.0 Å². The minimum absolute atomic E-state index is 0.165. The number of anilines is 2. The zero-order valence-electron chi connectivity index (χ0n) is 10.2. The van der Waals surface area contributed by atoms with Crippen LogP contribution in [0, 0.1) is 5.92 Å². The predicted molar refractivity (Wildman–Crippen MR) is 77.0 cm³/mol. The third-order valence-corrected chi connectivity index (χ3v) is 3.73. The maximum atomic E-state index is 5.85. The minimum Gasteiger partial charge on any atom is -0.394 e. The van der Waals surface area contributed by atoms with E-state index in [0.717, 1.165) is 0 Å². The highest BCUT2D eigenvalue weighted by atomic mass is 35.5. The zero-order chi connectivity index (χ0) is 13.1. The molecule has 0 aromatic carbocycles. The third-order valence-electron chi connectivity index (χ3n) is 2.60. The van der Waals surface area contributed by atoms with E-state index in [4.69, 9.17) is 17.3 Å². The molecule has 96 valence electrons. The maximum absolute atomic E-state index is 5.85. The summed E-state index contributed by atoms with van der Waals surface area (Å²) in [7, 11) is 0. The molecule has 2 heterocycles. The van der Waals surface area contributed by atoms with Gasteiger partial charge in [0.2, 0.25) is 5.28 Å². The molecular formula is C12H15ClN4S. The Morgan fingerprint density at radius 3 is 2.83 bits per heavy atom. The fraction of sp³-hybridized carbons (Fsp3) is 0.333. The molecule has 1 unspecified atom stereocenters. The van der Waals surface area contributed by atoms with Crippen molar-refractivity contribution in [1.82, 2.24) is 9.97 Å². The summed E-state index contributed by atoms with van der Waals surface area (Å²) in [4.78, 5) is 9.22. The lowest BCUT2D eigenvalue weighted by molar-refractivity contribution is 0.552. The molecule has 6 heteroatoms. The molecule has 2 aromatic rings. The second-order valence-electron chi connectivity index (χ2n) is 4.32. The van der Waals surface area contributed by atoms with E-state index < -0.39 is 0 Å². The van der Waals surface area contributed by atoms with Crippen molar-refractivity contribution in [3.8, 4) is 0 Å². The molecule has 0 amide bonds. The van der Waals surface area contributed by atoms with Gasteiger partial charge in [0, 0.05) is 4.88 Å². The van der Waals surface area contributed by atoms with Crippen molar-refractivity contribution in [2.75, 3.05) is 11.1 Å². The molecule has 0 aliphatic rings. The van der Waals surface area contributed by atoms with Crippen molar-refractivity contribution in [3.05, 3.63) is 33.9 Å². The zero-order valence-corrected chi connectivity index (χ0v) is 11.8. The lowest BCUT2D eigenvalue weighted by atomic mass is 10.0. The molecule has 0 aliphatic heterocycles. The molecule has 0 bridgehead atoms. The van der Waals surface area contributed by atoms with Crippen LogP contribution in [0.1, 0.15) is 24.8 Å². The van der Waals surface area contributed by atoms with E-state index in [0.29, 0.717) is 17.4 Å². The summed E-state index contributed by atoms with van der Waals surface area (Å²) in [5, 5.41) is 5.59. The molecule has 0 radical (unpaired) electrons. The van der Waals surface area contributed by atoms with Crippen LogP contribution in [0.5, 0.6) is 0 Å². The van der Waals surface area contributed by atoms with Crippen LogP contribution >= 0.6 is 22.9 Å². The van der Waals surface area contributed by atoms with Crippen LogP contribution in [-0.2, 0) is 0 Å². The number of halogens is 1. The van der Waals surface area contributed by atoms with Crippen LogP contribution in [0.4, 0.5) is 11.5 Å². The Labute approximate surface area is 115 Å². The van der Waals surface area contributed by atoms with Gasteiger partial charge in [-0.1, -0.05) is 19.9 Å². The van der Waals surface area contributed by atoms with Gasteiger partial charge < -0.3 is 11.1 Å². The summed E-state index contributed by atoms with van der Waals surface area (Å²) in [6.45, 7) is 4.30. The normalized spacial score (nSPS) is 12.7. The number of nitrogen functional groups attached to an aromatic ring is 1. The predicted octanol–water partition coefficient (Wildman–Crippen LogP) is 3.58. The Kier molecular flexibility index (Phi) is 4.04. The summed E-state index contributed by atoms with van der Waals surface area (Å²) in [6, 6.07) is 4.30. The van der Waals surface area contributed by atoms with Gasteiger partial charge in [0.15, 0.2) is 5.82 Å².